The Morgan fingerprint density at radius 2 is 1.83 bits per heavy atom. The molecular formula is C13H14O5. The molecule has 1 aliphatic rings. The standard InChI is InChI=1S/C13H14O5/c1-2-8-6-10-11(18-5-3-4-17-10)7-9(8)12(14)13(15)16/h6-7H,2-5H2,1H3,(H,15,16). The summed E-state index contributed by atoms with van der Waals surface area (Å²) in [6, 6.07) is 3.16. The van der Waals surface area contributed by atoms with Crippen LogP contribution in [0, 0.1) is 0 Å². The second-order valence-corrected chi connectivity index (χ2v) is 3.99. The first-order valence-electron chi connectivity index (χ1n) is 5.83. The number of carboxylic acid groups (broad SMARTS) is 1. The third-order valence-corrected chi connectivity index (χ3v) is 2.79. The van der Waals surface area contributed by atoms with E-state index < -0.39 is 11.8 Å². The van der Waals surface area contributed by atoms with E-state index in [1.54, 1.807) is 6.07 Å². The van der Waals surface area contributed by atoms with Gasteiger partial charge in [-0.1, -0.05) is 6.92 Å². The Labute approximate surface area is 104 Å². The lowest BCUT2D eigenvalue weighted by atomic mass is 10.0. The Hall–Kier alpha value is -2.04. The molecule has 2 rings (SSSR count). The number of carboxylic acids is 1. The number of aryl methyl sites for hydroxylation is 1. The van der Waals surface area contributed by atoms with Crippen molar-refractivity contribution in [3.8, 4) is 11.5 Å². The first-order chi connectivity index (χ1) is 8.63. The summed E-state index contributed by atoms with van der Waals surface area (Å²) in [7, 11) is 0. The number of rotatable bonds is 3. The Bertz CT molecular complexity index is 492. The van der Waals surface area contributed by atoms with Crippen LogP contribution in [-0.2, 0) is 11.2 Å². The summed E-state index contributed by atoms with van der Waals surface area (Å²) in [6.07, 6.45) is 1.32. The summed E-state index contributed by atoms with van der Waals surface area (Å²) in [5.41, 5.74) is 0.834. The van der Waals surface area contributed by atoms with Crippen LogP contribution in [0.5, 0.6) is 11.5 Å². The molecule has 1 aromatic rings. The molecule has 0 spiro atoms. The van der Waals surface area contributed by atoms with E-state index in [1.807, 2.05) is 6.92 Å². The van der Waals surface area contributed by atoms with Crippen LogP contribution in [-0.4, -0.2) is 30.1 Å². The Kier molecular flexibility index (Phi) is 3.50. The van der Waals surface area contributed by atoms with E-state index in [2.05, 4.69) is 0 Å². The highest BCUT2D eigenvalue weighted by Gasteiger charge is 2.22. The maximum atomic E-state index is 11.6. The highest BCUT2D eigenvalue weighted by atomic mass is 16.5. The van der Waals surface area contributed by atoms with Crippen molar-refractivity contribution in [3.63, 3.8) is 0 Å². The largest absolute Gasteiger partial charge is 0.490 e. The van der Waals surface area contributed by atoms with Crippen molar-refractivity contribution in [2.75, 3.05) is 13.2 Å². The molecule has 0 radical (unpaired) electrons. The minimum atomic E-state index is -1.46. The molecule has 0 aromatic heterocycles. The van der Waals surface area contributed by atoms with E-state index in [0.29, 0.717) is 36.7 Å². The van der Waals surface area contributed by atoms with Crippen molar-refractivity contribution < 1.29 is 24.2 Å². The molecule has 0 saturated heterocycles. The molecule has 5 nitrogen and oxygen atoms in total. The number of carbonyl (C=O) groups excluding carboxylic acids is 1. The second kappa shape index (κ2) is 5.08. The average Bonchev–Trinajstić information content (AvgIpc) is 2.60. The molecule has 0 bridgehead atoms. The monoisotopic (exact) mass is 250 g/mol. The van der Waals surface area contributed by atoms with Crippen LogP contribution in [0.15, 0.2) is 12.1 Å². The number of Topliss-reactive ketones (excluding diaryl/α,β-unsaturated/α-hetero) is 1. The van der Waals surface area contributed by atoms with Gasteiger partial charge in [-0.15, -0.1) is 0 Å². The Morgan fingerprint density at radius 1 is 1.22 bits per heavy atom. The minimum Gasteiger partial charge on any atom is -0.490 e. The van der Waals surface area contributed by atoms with Crippen molar-refractivity contribution in [1.82, 2.24) is 0 Å². The number of aliphatic carboxylic acids is 1. The number of ether oxygens (including phenoxy) is 2. The van der Waals surface area contributed by atoms with Crippen LogP contribution in [0.4, 0.5) is 0 Å². The number of hydrogen-bond acceptors (Lipinski definition) is 4. The van der Waals surface area contributed by atoms with Gasteiger partial charge in [0.25, 0.3) is 5.78 Å². The molecule has 1 N–H and O–H groups in total. The average molecular weight is 250 g/mol. The molecule has 0 fully saturated rings. The third kappa shape index (κ3) is 2.30. The molecule has 0 saturated carbocycles. The summed E-state index contributed by atoms with van der Waals surface area (Å²) in [5, 5.41) is 8.79. The van der Waals surface area contributed by atoms with Gasteiger partial charge in [-0.05, 0) is 24.1 Å². The van der Waals surface area contributed by atoms with Crippen LogP contribution in [0.1, 0.15) is 29.3 Å². The normalized spacial score (nSPS) is 13.8. The van der Waals surface area contributed by atoms with E-state index >= 15 is 0 Å². The van der Waals surface area contributed by atoms with Gasteiger partial charge < -0.3 is 14.6 Å². The fourth-order valence-corrected chi connectivity index (χ4v) is 1.87. The van der Waals surface area contributed by atoms with E-state index in [-0.39, 0.29) is 5.56 Å². The fraction of sp³-hybridized carbons (Fsp3) is 0.385. The molecule has 0 aliphatic carbocycles. The van der Waals surface area contributed by atoms with Crippen molar-refractivity contribution in [3.05, 3.63) is 23.3 Å². The molecule has 1 aliphatic heterocycles. The maximum absolute atomic E-state index is 11.6. The minimum absolute atomic E-state index is 0.175. The van der Waals surface area contributed by atoms with Crippen LogP contribution in [0.25, 0.3) is 0 Å². The predicted molar refractivity (Wildman–Crippen MR) is 63.4 cm³/mol. The molecule has 96 valence electrons. The molecule has 1 heterocycles. The van der Waals surface area contributed by atoms with E-state index in [1.165, 1.54) is 6.07 Å². The van der Waals surface area contributed by atoms with Gasteiger partial charge in [0.1, 0.15) is 0 Å². The Morgan fingerprint density at radius 3 is 2.39 bits per heavy atom. The van der Waals surface area contributed by atoms with E-state index in [4.69, 9.17) is 14.6 Å². The number of fused-ring (bicyclic) bond motifs is 1. The van der Waals surface area contributed by atoms with Gasteiger partial charge in [-0.25, -0.2) is 4.79 Å². The molecule has 18 heavy (non-hydrogen) atoms. The summed E-state index contributed by atoms with van der Waals surface area (Å²) in [4.78, 5) is 22.4. The lowest BCUT2D eigenvalue weighted by Crippen LogP contribution is -2.15. The van der Waals surface area contributed by atoms with Gasteiger partial charge in [0, 0.05) is 12.0 Å². The van der Waals surface area contributed by atoms with Crippen molar-refractivity contribution >= 4 is 11.8 Å². The quantitative estimate of drug-likeness (QED) is 0.652. The molecule has 0 unspecified atom stereocenters. The van der Waals surface area contributed by atoms with E-state index in [0.717, 1.165) is 6.42 Å². The second-order valence-electron chi connectivity index (χ2n) is 3.99. The van der Waals surface area contributed by atoms with Crippen molar-refractivity contribution in [2.24, 2.45) is 0 Å². The van der Waals surface area contributed by atoms with Gasteiger partial charge in [0.05, 0.1) is 13.2 Å². The zero-order valence-electron chi connectivity index (χ0n) is 10.1. The lowest BCUT2D eigenvalue weighted by Gasteiger charge is -2.12. The van der Waals surface area contributed by atoms with Gasteiger partial charge in [-0.2, -0.15) is 0 Å². The first kappa shape index (κ1) is 12.4. The molecule has 5 heteroatoms. The molecule has 1 aromatic carbocycles. The highest BCUT2D eigenvalue weighted by Crippen LogP contribution is 2.33. The zero-order valence-corrected chi connectivity index (χ0v) is 10.1. The number of benzene rings is 1. The predicted octanol–water partition coefficient (Wildman–Crippen LogP) is 1.68. The highest BCUT2D eigenvalue weighted by molar-refractivity contribution is 6.40. The summed E-state index contributed by atoms with van der Waals surface area (Å²) in [5.74, 6) is -1.36. The van der Waals surface area contributed by atoms with Gasteiger partial charge in [-0.3, -0.25) is 4.79 Å². The van der Waals surface area contributed by atoms with Crippen molar-refractivity contribution in [1.29, 1.82) is 0 Å². The van der Waals surface area contributed by atoms with Crippen molar-refractivity contribution in [2.45, 2.75) is 19.8 Å². The van der Waals surface area contributed by atoms with Crippen LogP contribution < -0.4 is 9.47 Å². The summed E-state index contributed by atoms with van der Waals surface area (Å²) in [6.45, 7) is 2.92. The SMILES string of the molecule is CCc1cc2c(cc1C(=O)C(=O)O)OCCCO2. The first-order valence-corrected chi connectivity index (χ1v) is 5.83. The summed E-state index contributed by atoms with van der Waals surface area (Å²) < 4.78 is 11.0. The van der Waals surface area contributed by atoms with Crippen LogP contribution in [0.2, 0.25) is 0 Å². The zero-order chi connectivity index (χ0) is 13.1. The number of hydrogen-bond donors (Lipinski definition) is 1. The molecule has 0 amide bonds. The van der Waals surface area contributed by atoms with E-state index in [9.17, 15) is 9.59 Å². The van der Waals surface area contributed by atoms with Gasteiger partial charge >= 0.3 is 5.97 Å². The number of carbonyl (C=O) groups is 2. The van der Waals surface area contributed by atoms with Gasteiger partial charge in [0.15, 0.2) is 11.5 Å². The topological polar surface area (TPSA) is 72.8 Å². The van der Waals surface area contributed by atoms with Crippen LogP contribution in [0.3, 0.4) is 0 Å². The molecular weight excluding hydrogens is 236 g/mol. The lowest BCUT2D eigenvalue weighted by molar-refractivity contribution is -0.131. The summed E-state index contributed by atoms with van der Waals surface area (Å²) >= 11 is 0. The fourth-order valence-electron chi connectivity index (χ4n) is 1.87. The van der Waals surface area contributed by atoms with Gasteiger partial charge in [0.2, 0.25) is 0 Å². The smallest absolute Gasteiger partial charge is 0.377 e. The molecule has 0 atom stereocenters. The maximum Gasteiger partial charge on any atom is 0.377 e. The third-order valence-electron chi connectivity index (χ3n) is 2.79. The van der Waals surface area contributed by atoms with Crippen LogP contribution >= 0.6 is 0 Å². The Balaban J connectivity index is 2.49. The number of ketones is 1.